The van der Waals surface area contributed by atoms with Gasteiger partial charge in [0, 0.05) is 24.1 Å². The van der Waals surface area contributed by atoms with Crippen LogP contribution in [0.2, 0.25) is 0 Å². The third-order valence-corrected chi connectivity index (χ3v) is 3.53. The van der Waals surface area contributed by atoms with Gasteiger partial charge in [0.05, 0.1) is 0 Å². The molecule has 1 aromatic heterocycles. The summed E-state index contributed by atoms with van der Waals surface area (Å²) in [7, 11) is 0. The highest BCUT2D eigenvalue weighted by Gasteiger charge is 2.24. The molecule has 1 amide bonds. The van der Waals surface area contributed by atoms with E-state index in [2.05, 4.69) is 18.0 Å². The number of H-pyrrole nitrogens is 1. The van der Waals surface area contributed by atoms with Crippen molar-refractivity contribution < 1.29 is 4.79 Å². The van der Waals surface area contributed by atoms with Crippen molar-refractivity contribution in [2.45, 2.75) is 19.8 Å². The molecule has 0 fully saturated rings. The minimum absolute atomic E-state index is 0.0125. The molecule has 0 unspecified atom stereocenters. The van der Waals surface area contributed by atoms with Gasteiger partial charge in [-0.25, -0.2) is 0 Å². The SMILES string of the molecule is Cc1ccc2c(c1)CCCN2C(=O)c1cc(N)c[nH]1. The van der Waals surface area contributed by atoms with Gasteiger partial charge in [0.2, 0.25) is 0 Å². The van der Waals surface area contributed by atoms with Gasteiger partial charge in [0.15, 0.2) is 0 Å². The van der Waals surface area contributed by atoms with Gasteiger partial charge < -0.3 is 15.6 Å². The van der Waals surface area contributed by atoms with Crippen LogP contribution in [0.4, 0.5) is 11.4 Å². The van der Waals surface area contributed by atoms with Gasteiger partial charge in [-0.1, -0.05) is 17.7 Å². The molecule has 0 bridgehead atoms. The van der Waals surface area contributed by atoms with E-state index in [0.717, 1.165) is 25.1 Å². The van der Waals surface area contributed by atoms with Gasteiger partial charge in [-0.3, -0.25) is 4.79 Å². The zero-order valence-corrected chi connectivity index (χ0v) is 10.9. The molecular weight excluding hydrogens is 238 g/mol. The maximum Gasteiger partial charge on any atom is 0.274 e. The Balaban J connectivity index is 1.97. The van der Waals surface area contributed by atoms with Crippen LogP contribution in [0.25, 0.3) is 0 Å². The van der Waals surface area contributed by atoms with E-state index < -0.39 is 0 Å². The second-order valence-electron chi connectivity index (χ2n) is 5.04. The monoisotopic (exact) mass is 255 g/mol. The fourth-order valence-corrected chi connectivity index (χ4v) is 2.62. The molecule has 3 N–H and O–H groups in total. The predicted octanol–water partition coefficient (Wildman–Crippen LogP) is 2.50. The number of amides is 1. The topological polar surface area (TPSA) is 62.1 Å². The summed E-state index contributed by atoms with van der Waals surface area (Å²) >= 11 is 0. The Morgan fingerprint density at radius 1 is 1.37 bits per heavy atom. The maximum absolute atomic E-state index is 12.5. The summed E-state index contributed by atoms with van der Waals surface area (Å²) in [5.41, 5.74) is 10.3. The summed E-state index contributed by atoms with van der Waals surface area (Å²) in [6.07, 6.45) is 3.68. The molecule has 2 aromatic rings. The number of aromatic amines is 1. The van der Waals surface area contributed by atoms with Crippen LogP contribution in [-0.2, 0) is 6.42 Å². The van der Waals surface area contributed by atoms with E-state index in [4.69, 9.17) is 5.73 Å². The number of aryl methyl sites for hydroxylation is 2. The van der Waals surface area contributed by atoms with E-state index in [9.17, 15) is 4.79 Å². The normalized spacial score (nSPS) is 14.3. The molecule has 4 heteroatoms. The lowest BCUT2D eigenvalue weighted by molar-refractivity contribution is 0.0981. The molecule has 0 saturated heterocycles. The van der Waals surface area contributed by atoms with Gasteiger partial charge >= 0.3 is 0 Å². The zero-order valence-electron chi connectivity index (χ0n) is 10.9. The van der Waals surface area contributed by atoms with Gasteiger partial charge in [0.1, 0.15) is 5.69 Å². The van der Waals surface area contributed by atoms with Crippen molar-refractivity contribution in [3.05, 3.63) is 47.3 Å². The fraction of sp³-hybridized carbons (Fsp3) is 0.267. The molecule has 0 atom stereocenters. The van der Waals surface area contributed by atoms with E-state index >= 15 is 0 Å². The molecule has 98 valence electrons. The zero-order chi connectivity index (χ0) is 13.4. The van der Waals surface area contributed by atoms with Crippen LogP contribution in [0.3, 0.4) is 0 Å². The number of anilines is 2. The summed E-state index contributed by atoms with van der Waals surface area (Å²) < 4.78 is 0. The number of hydrogen-bond donors (Lipinski definition) is 2. The number of carbonyl (C=O) groups excluding carboxylic acids is 1. The van der Waals surface area contributed by atoms with Crippen LogP contribution >= 0.6 is 0 Å². The molecule has 2 heterocycles. The number of nitrogens with one attached hydrogen (secondary N) is 1. The molecule has 1 aromatic carbocycles. The molecule has 19 heavy (non-hydrogen) atoms. The van der Waals surface area contributed by atoms with Crippen LogP contribution in [0.5, 0.6) is 0 Å². The number of fused-ring (bicyclic) bond motifs is 1. The first-order chi connectivity index (χ1) is 9.15. The number of nitrogen functional groups attached to an aromatic ring is 1. The Kier molecular flexibility index (Phi) is 2.78. The molecular formula is C15H17N3O. The van der Waals surface area contributed by atoms with E-state index in [-0.39, 0.29) is 5.91 Å². The molecule has 3 rings (SSSR count). The number of carbonyl (C=O) groups is 1. The average molecular weight is 255 g/mol. The number of benzene rings is 1. The highest BCUT2D eigenvalue weighted by molar-refractivity contribution is 6.06. The summed E-state index contributed by atoms with van der Waals surface area (Å²) in [6.45, 7) is 2.83. The summed E-state index contributed by atoms with van der Waals surface area (Å²) in [4.78, 5) is 17.3. The molecule has 1 aliphatic heterocycles. The number of hydrogen-bond acceptors (Lipinski definition) is 2. The van der Waals surface area contributed by atoms with Crippen molar-refractivity contribution in [1.29, 1.82) is 0 Å². The molecule has 0 spiro atoms. The fourth-order valence-electron chi connectivity index (χ4n) is 2.62. The van der Waals surface area contributed by atoms with E-state index in [1.807, 2.05) is 17.0 Å². The smallest absolute Gasteiger partial charge is 0.274 e. The van der Waals surface area contributed by atoms with Gasteiger partial charge in [-0.15, -0.1) is 0 Å². The number of nitrogens with zero attached hydrogens (tertiary/aromatic N) is 1. The number of nitrogens with two attached hydrogens (primary N) is 1. The second kappa shape index (κ2) is 4.46. The Labute approximate surface area is 112 Å². The maximum atomic E-state index is 12.5. The third-order valence-electron chi connectivity index (χ3n) is 3.53. The van der Waals surface area contributed by atoms with Crippen molar-refractivity contribution in [2.24, 2.45) is 0 Å². The summed E-state index contributed by atoms with van der Waals surface area (Å²) in [6, 6.07) is 7.93. The Morgan fingerprint density at radius 2 is 2.21 bits per heavy atom. The van der Waals surface area contributed by atoms with Crippen LogP contribution in [0, 0.1) is 6.92 Å². The quantitative estimate of drug-likeness (QED) is 0.822. The average Bonchev–Trinajstić information content (AvgIpc) is 2.83. The van der Waals surface area contributed by atoms with Crippen LogP contribution in [0.1, 0.15) is 28.0 Å². The van der Waals surface area contributed by atoms with E-state index in [1.54, 1.807) is 12.3 Å². The number of aromatic nitrogens is 1. The van der Waals surface area contributed by atoms with E-state index in [1.165, 1.54) is 11.1 Å². The first kappa shape index (κ1) is 11.8. The van der Waals surface area contributed by atoms with Crippen LogP contribution < -0.4 is 10.6 Å². The largest absolute Gasteiger partial charge is 0.397 e. The highest BCUT2D eigenvalue weighted by Crippen LogP contribution is 2.29. The van der Waals surface area contributed by atoms with Crippen molar-refractivity contribution in [1.82, 2.24) is 4.98 Å². The molecule has 0 aliphatic carbocycles. The van der Waals surface area contributed by atoms with Crippen molar-refractivity contribution in [3.8, 4) is 0 Å². The van der Waals surface area contributed by atoms with Crippen LogP contribution in [0.15, 0.2) is 30.5 Å². The Morgan fingerprint density at radius 3 is 2.95 bits per heavy atom. The molecule has 0 radical (unpaired) electrons. The molecule has 4 nitrogen and oxygen atoms in total. The lowest BCUT2D eigenvalue weighted by Crippen LogP contribution is -2.35. The number of rotatable bonds is 1. The third kappa shape index (κ3) is 2.10. The first-order valence-electron chi connectivity index (χ1n) is 6.50. The highest BCUT2D eigenvalue weighted by atomic mass is 16.2. The van der Waals surface area contributed by atoms with Crippen molar-refractivity contribution >= 4 is 17.3 Å². The van der Waals surface area contributed by atoms with Crippen molar-refractivity contribution in [2.75, 3.05) is 17.2 Å². The predicted molar refractivity (Wildman–Crippen MR) is 76.4 cm³/mol. The van der Waals surface area contributed by atoms with Crippen LogP contribution in [-0.4, -0.2) is 17.4 Å². The molecule has 0 saturated carbocycles. The minimum atomic E-state index is -0.0125. The Bertz CT molecular complexity index is 630. The second-order valence-corrected chi connectivity index (χ2v) is 5.04. The van der Waals surface area contributed by atoms with Crippen molar-refractivity contribution in [3.63, 3.8) is 0 Å². The van der Waals surface area contributed by atoms with Gasteiger partial charge in [-0.05, 0) is 37.5 Å². The molecule has 1 aliphatic rings. The summed E-state index contributed by atoms with van der Waals surface area (Å²) in [5.74, 6) is -0.0125. The van der Waals surface area contributed by atoms with Gasteiger partial charge in [-0.2, -0.15) is 0 Å². The van der Waals surface area contributed by atoms with Gasteiger partial charge in [0.25, 0.3) is 5.91 Å². The lowest BCUT2D eigenvalue weighted by Gasteiger charge is -2.29. The lowest BCUT2D eigenvalue weighted by atomic mass is 9.99. The summed E-state index contributed by atoms with van der Waals surface area (Å²) in [5, 5.41) is 0. The minimum Gasteiger partial charge on any atom is -0.397 e. The van der Waals surface area contributed by atoms with E-state index in [0.29, 0.717) is 11.4 Å². The Hall–Kier alpha value is -2.23. The first-order valence-corrected chi connectivity index (χ1v) is 6.50. The standard InChI is InChI=1S/C15H17N3O/c1-10-4-5-14-11(7-10)3-2-6-18(14)15(19)13-8-12(16)9-17-13/h4-5,7-9,17H,2-3,6,16H2,1H3.